The zero-order valence-corrected chi connectivity index (χ0v) is 18.4. The standard InChI is InChI=1S/C23H31N7O/c1-15(16-7-5-4-6-8-16)25-23(31)27-21-13-20-19(14-24-21)22(29-28-20)26-17-9-11-18(12-10-17)30(2)3/h4-8,13-15,17-18H,9-12H2,1-3H3,(H2,26,28,29)(H2,24,25,27,31)/t15-,17?,18?/m1/s1. The number of aromatic amines is 1. The number of hydrogen-bond donors (Lipinski definition) is 4. The number of carbonyl (C=O) groups excluding carboxylic acids is 1. The Balaban J connectivity index is 1.35. The molecule has 4 rings (SSSR count). The van der Waals surface area contributed by atoms with Crippen LogP contribution in [0.2, 0.25) is 0 Å². The number of benzene rings is 1. The van der Waals surface area contributed by atoms with E-state index in [1.54, 1.807) is 6.20 Å². The summed E-state index contributed by atoms with van der Waals surface area (Å²) in [5, 5.41) is 17.7. The summed E-state index contributed by atoms with van der Waals surface area (Å²) in [6.07, 6.45) is 6.39. The summed E-state index contributed by atoms with van der Waals surface area (Å²) in [5.74, 6) is 1.30. The summed E-state index contributed by atoms with van der Waals surface area (Å²) in [6.45, 7) is 1.95. The summed E-state index contributed by atoms with van der Waals surface area (Å²) in [5.41, 5.74) is 1.89. The normalized spacial score (nSPS) is 19.9. The zero-order chi connectivity index (χ0) is 21.8. The maximum absolute atomic E-state index is 12.4. The summed E-state index contributed by atoms with van der Waals surface area (Å²) >= 11 is 0. The van der Waals surface area contributed by atoms with Crippen molar-refractivity contribution >= 4 is 28.6 Å². The number of fused-ring (bicyclic) bond motifs is 1. The van der Waals surface area contributed by atoms with Crippen molar-refractivity contribution in [2.45, 2.75) is 50.7 Å². The number of rotatable bonds is 6. The highest BCUT2D eigenvalue weighted by Crippen LogP contribution is 2.27. The van der Waals surface area contributed by atoms with Crippen LogP contribution in [0, 0.1) is 0 Å². The van der Waals surface area contributed by atoms with Gasteiger partial charge in [-0.05, 0) is 52.3 Å². The third-order valence-electron chi connectivity index (χ3n) is 6.10. The molecule has 2 aromatic heterocycles. The van der Waals surface area contributed by atoms with Crippen LogP contribution in [0.3, 0.4) is 0 Å². The van der Waals surface area contributed by atoms with Crippen molar-refractivity contribution in [1.29, 1.82) is 0 Å². The number of pyridine rings is 1. The highest BCUT2D eigenvalue weighted by atomic mass is 16.2. The Hall–Kier alpha value is -3.13. The molecule has 8 nitrogen and oxygen atoms in total. The minimum absolute atomic E-state index is 0.101. The molecule has 1 aromatic carbocycles. The molecule has 0 aliphatic heterocycles. The van der Waals surface area contributed by atoms with Gasteiger partial charge in [0.2, 0.25) is 0 Å². The molecule has 2 amide bonds. The molecule has 0 bridgehead atoms. The number of anilines is 2. The second kappa shape index (κ2) is 9.34. The molecular formula is C23H31N7O. The first-order valence-corrected chi connectivity index (χ1v) is 10.9. The fourth-order valence-corrected chi connectivity index (χ4v) is 4.20. The Morgan fingerprint density at radius 2 is 1.90 bits per heavy atom. The van der Waals surface area contributed by atoms with Crippen molar-refractivity contribution in [3.63, 3.8) is 0 Å². The molecule has 2 heterocycles. The SMILES string of the molecule is C[C@@H](NC(=O)Nc1cc2[nH]nc(NC3CCC(N(C)C)CC3)c2cn1)c1ccccc1. The van der Waals surface area contributed by atoms with Crippen molar-refractivity contribution in [2.75, 3.05) is 24.7 Å². The third kappa shape index (κ3) is 5.14. The van der Waals surface area contributed by atoms with Crippen molar-refractivity contribution in [1.82, 2.24) is 25.4 Å². The molecule has 1 fully saturated rings. The van der Waals surface area contributed by atoms with Crippen LogP contribution in [0.1, 0.15) is 44.2 Å². The minimum atomic E-state index is -0.293. The van der Waals surface area contributed by atoms with Crippen molar-refractivity contribution in [2.24, 2.45) is 0 Å². The molecule has 0 radical (unpaired) electrons. The van der Waals surface area contributed by atoms with E-state index in [0.717, 1.165) is 35.1 Å². The molecule has 31 heavy (non-hydrogen) atoms. The van der Waals surface area contributed by atoms with Crippen LogP contribution in [-0.2, 0) is 0 Å². The van der Waals surface area contributed by atoms with E-state index in [-0.39, 0.29) is 12.1 Å². The summed E-state index contributed by atoms with van der Waals surface area (Å²) < 4.78 is 0. The molecule has 1 aliphatic rings. The molecule has 164 valence electrons. The van der Waals surface area contributed by atoms with Gasteiger partial charge in [-0.25, -0.2) is 9.78 Å². The van der Waals surface area contributed by atoms with Gasteiger partial charge in [0.05, 0.1) is 16.9 Å². The first kappa shape index (κ1) is 21.1. The van der Waals surface area contributed by atoms with Crippen LogP contribution in [0.4, 0.5) is 16.4 Å². The van der Waals surface area contributed by atoms with Crippen LogP contribution in [-0.4, -0.2) is 52.3 Å². The van der Waals surface area contributed by atoms with E-state index in [1.165, 1.54) is 12.8 Å². The number of carbonyl (C=O) groups is 1. The Morgan fingerprint density at radius 3 is 2.61 bits per heavy atom. The highest BCUT2D eigenvalue weighted by molar-refractivity contribution is 5.94. The number of aromatic nitrogens is 3. The maximum atomic E-state index is 12.4. The molecule has 8 heteroatoms. The van der Waals surface area contributed by atoms with Crippen LogP contribution >= 0.6 is 0 Å². The van der Waals surface area contributed by atoms with Gasteiger partial charge in [-0.1, -0.05) is 30.3 Å². The quantitative estimate of drug-likeness (QED) is 0.480. The number of hydrogen-bond acceptors (Lipinski definition) is 5. The first-order chi connectivity index (χ1) is 15.0. The topological polar surface area (TPSA) is 98.0 Å². The van der Waals surface area contributed by atoms with E-state index < -0.39 is 0 Å². The fraction of sp³-hybridized carbons (Fsp3) is 0.435. The molecule has 0 saturated heterocycles. The number of H-pyrrole nitrogens is 1. The summed E-state index contributed by atoms with van der Waals surface area (Å²) in [4.78, 5) is 19.1. The van der Waals surface area contributed by atoms with Gasteiger partial charge in [0.1, 0.15) is 5.82 Å². The van der Waals surface area contributed by atoms with E-state index in [2.05, 4.69) is 50.1 Å². The van der Waals surface area contributed by atoms with Gasteiger partial charge in [-0.2, -0.15) is 5.10 Å². The summed E-state index contributed by atoms with van der Waals surface area (Å²) in [6, 6.07) is 12.3. The average molecular weight is 422 g/mol. The Kier molecular flexibility index (Phi) is 6.36. The first-order valence-electron chi connectivity index (χ1n) is 10.9. The van der Waals surface area contributed by atoms with Crippen molar-refractivity contribution in [3.05, 3.63) is 48.2 Å². The Morgan fingerprint density at radius 1 is 1.16 bits per heavy atom. The van der Waals surface area contributed by atoms with Gasteiger partial charge in [-0.15, -0.1) is 0 Å². The molecule has 1 aliphatic carbocycles. The van der Waals surface area contributed by atoms with Crippen molar-refractivity contribution in [3.8, 4) is 0 Å². The van der Waals surface area contributed by atoms with Gasteiger partial charge in [-0.3, -0.25) is 10.4 Å². The van der Waals surface area contributed by atoms with Gasteiger partial charge < -0.3 is 15.5 Å². The number of nitrogens with zero attached hydrogens (tertiary/aromatic N) is 3. The predicted molar refractivity (Wildman–Crippen MR) is 124 cm³/mol. The molecule has 0 spiro atoms. The van der Waals surface area contributed by atoms with Crippen LogP contribution in [0.25, 0.3) is 10.9 Å². The predicted octanol–water partition coefficient (Wildman–Crippen LogP) is 4.13. The average Bonchev–Trinajstić information content (AvgIpc) is 3.16. The lowest BCUT2D eigenvalue weighted by molar-refractivity contribution is 0.221. The van der Waals surface area contributed by atoms with Crippen molar-refractivity contribution < 1.29 is 4.79 Å². The largest absolute Gasteiger partial charge is 0.365 e. The molecule has 1 atom stereocenters. The lowest BCUT2D eigenvalue weighted by Gasteiger charge is -2.33. The monoisotopic (exact) mass is 421 g/mol. The number of amides is 2. The van der Waals surface area contributed by atoms with Gasteiger partial charge >= 0.3 is 6.03 Å². The zero-order valence-electron chi connectivity index (χ0n) is 18.4. The molecule has 0 unspecified atom stereocenters. The maximum Gasteiger partial charge on any atom is 0.320 e. The molecular weight excluding hydrogens is 390 g/mol. The third-order valence-corrected chi connectivity index (χ3v) is 6.10. The lowest BCUT2D eigenvalue weighted by atomic mass is 9.90. The van der Waals surface area contributed by atoms with E-state index >= 15 is 0 Å². The Bertz CT molecular complexity index is 1010. The van der Waals surface area contributed by atoms with Gasteiger partial charge in [0, 0.05) is 24.3 Å². The highest BCUT2D eigenvalue weighted by Gasteiger charge is 2.23. The number of nitrogens with one attached hydrogen (secondary N) is 4. The van der Waals surface area contributed by atoms with Crippen LogP contribution in [0.5, 0.6) is 0 Å². The fourth-order valence-electron chi connectivity index (χ4n) is 4.20. The van der Waals surface area contributed by atoms with Crippen LogP contribution < -0.4 is 16.0 Å². The minimum Gasteiger partial charge on any atom is -0.365 e. The molecule has 4 N–H and O–H groups in total. The van der Waals surface area contributed by atoms with E-state index in [0.29, 0.717) is 17.9 Å². The smallest absolute Gasteiger partial charge is 0.320 e. The van der Waals surface area contributed by atoms with Gasteiger partial charge in [0.15, 0.2) is 5.82 Å². The second-order valence-electron chi connectivity index (χ2n) is 8.53. The van der Waals surface area contributed by atoms with E-state index in [4.69, 9.17) is 0 Å². The number of urea groups is 1. The second-order valence-corrected chi connectivity index (χ2v) is 8.53. The van der Waals surface area contributed by atoms with Crippen LogP contribution in [0.15, 0.2) is 42.6 Å². The van der Waals surface area contributed by atoms with E-state index in [9.17, 15) is 4.79 Å². The summed E-state index contributed by atoms with van der Waals surface area (Å²) in [7, 11) is 4.30. The molecule has 1 saturated carbocycles. The van der Waals surface area contributed by atoms with Gasteiger partial charge in [0.25, 0.3) is 0 Å². The molecule has 3 aromatic rings. The lowest BCUT2D eigenvalue weighted by Crippen LogP contribution is -2.36. The Labute approximate surface area is 182 Å². The van der Waals surface area contributed by atoms with E-state index in [1.807, 2.05) is 43.3 Å².